The van der Waals surface area contributed by atoms with E-state index in [0.717, 1.165) is 25.2 Å². The summed E-state index contributed by atoms with van der Waals surface area (Å²) in [6, 6.07) is 17.4. The minimum absolute atomic E-state index is 0.0185. The van der Waals surface area contributed by atoms with Crippen LogP contribution < -0.4 is 4.74 Å². The number of amides is 1. The molecular formula is C26H24FN3O2. The minimum Gasteiger partial charge on any atom is -0.495 e. The summed E-state index contributed by atoms with van der Waals surface area (Å²) in [6.07, 6.45) is 1.69. The highest BCUT2D eigenvalue weighted by Gasteiger charge is 2.22. The molecule has 1 fully saturated rings. The predicted molar refractivity (Wildman–Crippen MR) is 121 cm³/mol. The van der Waals surface area contributed by atoms with Crippen molar-refractivity contribution in [1.29, 1.82) is 0 Å². The number of methoxy groups -OCH3 is 1. The Morgan fingerprint density at radius 2 is 1.81 bits per heavy atom. The number of halogens is 1. The summed E-state index contributed by atoms with van der Waals surface area (Å²) in [5.74, 6) is 6.46. The highest BCUT2D eigenvalue weighted by Crippen LogP contribution is 2.21. The molecule has 1 aromatic heterocycles. The van der Waals surface area contributed by atoms with Crippen molar-refractivity contribution in [2.45, 2.75) is 6.54 Å². The zero-order valence-electron chi connectivity index (χ0n) is 17.9. The first-order chi connectivity index (χ1) is 15.6. The standard InChI is InChI=1S/C26H24FN3O2/c1-32-25-12-8-22(18-21(25)7-11-24-4-2-3-13-28-24)26(31)30-16-14-29(15-17-30)19-20-5-9-23(27)10-6-20/h2-6,8-10,12-13,18H,14-17,19H2,1H3. The molecule has 1 saturated heterocycles. The van der Waals surface area contributed by atoms with E-state index in [1.807, 2.05) is 23.1 Å². The lowest BCUT2D eigenvalue weighted by atomic mass is 10.1. The summed E-state index contributed by atoms with van der Waals surface area (Å²) < 4.78 is 18.5. The number of piperazine rings is 1. The zero-order valence-corrected chi connectivity index (χ0v) is 17.9. The average Bonchev–Trinajstić information content (AvgIpc) is 2.84. The Hall–Kier alpha value is -3.69. The number of rotatable bonds is 4. The molecule has 0 radical (unpaired) electrons. The number of nitrogens with zero attached hydrogens (tertiary/aromatic N) is 3. The van der Waals surface area contributed by atoms with Crippen LogP contribution in [0.4, 0.5) is 4.39 Å². The fourth-order valence-corrected chi connectivity index (χ4v) is 3.65. The predicted octanol–water partition coefficient (Wildman–Crippen LogP) is 3.59. The van der Waals surface area contributed by atoms with Crippen LogP contribution in [0.25, 0.3) is 0 Å². The third kappa shape index (κ3) is 5.32. The third-order valence-electron chi connectivity index (χ3n) is 5.42. The number of hydrogen-bond acceptors (Lipinski definition) is 4. The maximum atomic E-state index is 13.1. The van der Waals surface area contributed by atoms with Gasteiger partial charge in [0.15, 0.2) is 0 Å². The van der Waals surface area contributed by atoms with Crippen molar-refractivity contribution in [2.75, 3.05) is 33.3 Å². The second-order valence-corrected chi connectivity index (χ2v) is 7.57. The van der Waals surface area contributed by atoms with Crippen LogP contribution in [-0.2, 0) is 6.54 Å². The van der Waals surface area contributed by atoms with Gasteiger partial charge in [-0.05, 0) is 53.9 Å². The molecule has 0 N–H and O–H groups in total. The largest absolute Gasteiger partial charge is 0.495 e. The van der Waals surface area contributed by atoms with E-state index >= 15 is 0 Å². The maximum absolute atomic E-state index is 13.1. The third-order valence-corrected chi connectivity index (χ3v) is 5.42. The zero-order chi connectivity index (χ0) is 22.3. The van der Waals surface area contributed by atoms with Crippen LogP contribution in [0.5, 0.6) is 5.75 Å². The van der Waals surface area contributed by atoms with Gasteiger partial charge in [0, 0.05) is 44.5 Å². The molecule has 6 heteroatoms. The average molecular weight is 429 g/mol. The van der Waals surface area contributed by atoms with E-state index in [1.165, 1.54) is 12.1 Å². The van der Waals surface area contributed by atoms with Gasteiger partial charge in [0.25, 0.3) is 5.91 Å². The quantitative estimate of drug-likeness (QED) is 0.595. The number of hydrogen-bond donors (Lipinski definition) is 0. The number of ether oxygens (including phenoxy) is 1. The van der Waals surface area contributed by atoms with E-state index < -0.39 is 0 Å². The van der Waals surface area contributed by atoms with Gasteiger partial charge >= 0.3 is 0 Å². The number of benzene rings is 2. The Labute approximate surface area is 187 Å². The minimum atomic E-state index is -0.229. The molecule has 0 aliphatic carbocycles. The van der Waals surface area contributed by atoms with E-state index in [4.69, 9.17) is 4.74 Å². The lowest BCUT2D eigenvalue weighted by Crippen LogP contribution is -2.48. The van der Waals surface area contributed by atoms with Crippen LogP contribution in [0.2, 0.25) is 0 Å². The number of pyridine rings is 1. The van der Waals surface area contributed by atoms with Crippen LogP contribution >= 0.6 is 0 Å². The highest BCUT2D eigenvalue weighted by atomic mass is 19.1. The van der Waals surface area contributed by atoms with Crippen LogP contribution in [0.1, 0.15) is 27.2 Å². The monoisotopic (exact) mass is 429 g/mol. The molecule has 162 valence electrons. The molecule has 32 heavy (non-hydrogen) atoms. The Bertz CT molecular complexity index is 1130. The molecule has 1 amide bonds. The van der Waals surface area contributed by atoms with Crippen LogP contribution in [0, 0.1) is 17.7 Å². The highest BCUT2D eigenvalue weighted by molar-refractivity contribution is 5.95. The van der Waals surface area contributed by atoms with Gasteiger partial charge in [-0.2, -0.15) is 0 Å². The first kappa shape index (κ1) is 21.5. The van der Waals surface area contributed by atoms with Crippen molar-refractivity contribution in [2.24, 2.45) is 0 Å². The van der Waals surface area contributed by atoms with Gasteiger partial charge < -0.3 is 9.64 Å². The van der Waals surface area contributed by atoms with Gasteiger partial charge in [0.05, 0.1) is 12.7 Å². The molecule has 5 nitrogen and oxygen atoms in total. The Morgan fingerprint density at radius 3 is 2.50 bits per heavy atom. The van der Waals surface area contributed by atoms with Gasteiger partial charge in [0.2, 0.25) is 0 Å². The smallest absolute Gasteiger partial charge is 0.253 e. The van der Waals surface area contributed by atoms with Crippen molar-refractivity contribution in [1.82, 2.24) is 14.8 Å². The second-order valence-electron chi connectivity index (χ2n) is 7.57. The van der Waals surface area contributed by atoms with Crippen LogP contribution in [0.3, 0.4) is 0 Å². The fourth-order valence-electron chi connectivity index (χ4n) is 3.65. The molecule has 1 aliphatic rings. The molecule has 2 aromatic carbocycles. The molecular weight excluding hydrogens is 405 g/mol. The number of aromatic nitrogens is 1. The van der Waals surface area contributed by atoms with E-state index in [1.54, 1.807) is 43.6 Å². The lowest BCUT2D eigenvalue weighted by molar-refractivity contribution is 0.0628. The Kier molecular flexibility index (Phi) is 6.78. The molecule has 0 spiro atoms. The Morgan fingerprint density at radius 1 is 1.03 bits per heavy atom. The van der Waals surface area contributed by atoms with Gasteiger partial charge in [-0.3, -0.25) is 9.69 Å². The molecule has 0 bridgehead atoms. The van der Waals surface area contributed by atoms with Gasteiger partial charge in [-0.15, -0.1) is 0 Å². The molecule has 3 aromatic rings. The Balaban J connectivity index is 1.42. The fraction of sp³-hybridized carbons (Fsp3) is 0.231. The molecule has 2 heterocycles. The second kappa shape index (κ2) is 10.1. The van der Waals surface area contributed by atoms with E-state index in [-0.39, 0.29) is 11.7 Å². The lowest BCUT2D eigenvalue weighted by Gasteiger charge is -2.34. The summed E-state index contributed by atoms with van der Waals surface area (Å²) in [5, 5.41) is 0. The van der Waals surface area contributed by atoms with Gasteiger partial charge in [-0.1, -0.05) is 24.1 Å². The van der Waals surface area contributed by atoms with E-state index in [0.29, 0.717) is 35.7 Å². The summed E-state index contributed by atoms with van der Waals surface area (Å²) >= 11 is 0. The van der Waals surface area contributed by atoms with Crippen LogP contribution in [-0.4, -0.2) is 54.0 Å². The topological polar surface area (TPSA) is 45.7 Å². The SMILES string of the molecule is COc1ccc(C(=O)N2CCN(Cc3ccc(F)cc3)CC2)cc1C#Cc1ccccn1. The van der Waals surface area contributed by atoms with Crippen LogP contribution in [0.15, 0.2) is 66.9 Å². The van der Waals surface area contributed by atoms with Gasteiger partial charge in [-0.25, -0.2) is 9.37 Å². The first-order valence-electron chi connectivity index (χ1n) is 10.5. The number of carbonyl (C=O) groups is 1. The van der Waals surface area contributed by atoms with Crippen molar-refractivity contribution in [3.63, 3.8) is 0 Å². The first-order valence-corrected chi connectivity index (χ1v) is 10.5. The summed E-state index contributed by atoms with van der Waals surface area (Å²) in [6.45, 7) is 3.57. The van der Waals surface area contributed by atoms with Crippen molar-refractivity contribution < 1.29 is 13.9 Å². The normalized spacial score (nSPS) is 13.9. The van der Waals surface area contributed by atoms with Crippen molar-refractivity contribution >= 4 is 5.91 Å². The molecule has 4 rings (SSSR count). The van der Waals surface area contributed by atoms with Crippen molar-refractivity contribution in [3.8, 4) is 17.6 Å². The molecule has 0 atom stereocenters. The summed E-state index contributed by atoms with van der Waals surface area (Å²) in [5.41, 5.74) is 2.96. The molecule has 0 saturated carbocycles. The van der Waals surface area contributed by atoms with Crippen molar-refractivity contribution in [3.05, 3.63) is 95.1 Å². The maximum Gasteiger partial charge on any atom is 0.253 e. The van der Waals surface area contributed by atoms with E-state index in [2.05, 4.69) is 21.7 Å². The van der Waals surface area contributed by atoms with Gasteiger partial charge in [0.1, 0.15) is 17.3 Å². The van der Waals surface area contributed by atoms with E-state index in [9.17, 15) is 9.18 Å². The molecule has 0 unspecified atom stereocenters. The summed E-state index contributed by atoms with van der Waals surface area (Å²) in [7, 11) is 1.59. The molecule has 1 aliphatic heterocycles. The summed E-state index contributed by atoms with van der Waals surface area (Å²) in [4.78, 5) is 21.4. The number of carbonyl (C=O) groups excluding carboxylic acids is 1.